The van der Waals surface area contributed by atoms with Crippen LogP contribution in [-0.4, -0.2) is 14.5 Å². The first kappa shape index (κ1) is 14.2. The summed E-state index contributed by atoms with van der Waals surface area (Å²) in [6.45, 7) is 1.66. The van der Waals surface area contributed by atoms with Crippen molar-refractivity contribution < 1.29 is 4.92 Å². The number of hydrogen-bond donors (Lipinski definition) is 1. The lowest BCUT2D eigenvalue weighted by atomic mass is 10.2. The fraction of sp³-hybridized carbons (Fsp3) is 0.167. The minimum Gasteiger partial charge on any atom is -0.310 e. The first-order valence-electron chi connectivity index (χ1n) is 5.62. The number of nitro groups is 1. The Morgan fingerprint density at radius 2 is 1.90 bits per heavy atom. The fourth-order valence-electron chi connectivity index (χ4n) is 1.70. The van der Waals surface area contributed by atoms with Gasteiger partial charge in [-0.25, -0.2) is 4.79 Å². The Morgan fingerprint density at radius 1 is 1.30 bits per heavy atom. The van der Waals surface area contributed by atoms with Crippen LogP contribution in [0.25, 0.3) is 0 Å². The lowest BCUT2D eigenvalue weighted by Crippen LogP contribution is -2.36. The third-order valence-electron chi connectivity index (χ3n) is 2.79. The number of nitrogens with one attached hydrogen (secondary N) is 1. The Balaban J connectivity index is 2.40. The summed E-state index contributed by atoms with van der Waals surface area (Å²) in [6, 6.07) is 5.69. The molecule has 0 bridgehead atoms. The quantitative estimate of drug-likeness (QED) is 0.677. The van der Waals surface area contributed by atoms with Crippen molar-refractivity contribution in [3.63, 3.8) is 0 Å². The highest BCUT2D eigenvalue weighted by molar-refractivity contribution is 9.10. The van der Waals surface area contributed by atoms with E-state index < -0.39 is 16.2 Å². The first-order valence-corrected chi connectivity index (χ1v) is 6.42. The molecule has 0 amide bonds. The third kappa shape index (κ3) is 2.69. The SMILES string of the molecule is Cc1[nH]c(=O)n(Cc2ccc([N+](=O)[O-])cc2)c(=O)c1Br. The van der Waals surface area contributed by atoms with Gasteiger partial charge >= 0.3 is 5.69 Å². The van der Waals surface area contributed by atoms with E-state index in [-0.39, 0.29) is 12.2 Å². The summed E-state index contributed by atoms with van der Waals surface area (Å²) in [6.07, 6.45) is 0. The van der Waals surface area contributed by atoms with E-state index in [2.05, 4.69) is 20.9 Å². The second kappa shape index (κ2) is 5.41. The van der Waals surface area contributed by atoms with Gasteiger partial charge in [-0.15, -0.1) is 0 Å². The zero-order valence-corrected chi connectivity index (χ0v) is 12.0. The Labute approximate surface area is 121 Å². The molecule has 0 fully saturated rings. The number of aromatic nitrogens is 2. The van der Waals surface area contributed by atoms with Crippen molar-refractivity contribution in [2.24, 2.45) is 0 Å². The predicted molar refractivity (Wildman–Crippen MR) is 76.0 cm³/mol. The maximum atomic E-state index is 12.0. The van der Waals surface area contributed by atoms with Crippen molar-refractivity contribution in [1.29, 1.82) is 0 Å². The summed E-state index contributed by atoms with van der Waals surface area (Å²) in [7, 11) is 0. The summed E-state index contributed by atoms with van der Waals surface area (Å²) in [4.78, 5) is 36.3. The second-order valence-electron chi connectivity index (χ2n) is 4.18. The average Bonchev–Trinajstić information content (AvgIpc) is 2.42. The second-order valence-corrected chi connectivity index (χ2v) is 4.98. The van der Waals surface area contributed by atoms with Crippen LogP contribution in [0.2, 0.25) is 0 Å². The standard InChI is InChI=1S/C12H10BrN3O4/c1-7-10(13)11(17)15(12(18)14-7)6-8-2-4-9(5-3-8)16(19)20/h2-5H,6H2,1H3,(H,14,18). The van der Waals surface area contributed by atoms with E-state index in [1.165, 1.54) is 24.3 Å². The molecule has 20 heavy (non-hydrogen) atoms. The van der Waals surface area contributed by atoms with Crippen molar-refractivity contribution in [2.75, 3.05) is 0 Å². The van der Waals surface area contributed by atoms with E-state index in [0.717, 1.165) is 4.57 Å². The van der Waals surface area contributed by atoms with Crippen molar-refractivity contribution in [2.45, 2.75) is 13.5 Å². The molecule has 2 aromatic rings. The van der Waals surface area contributed by atoms with Crippen LogP contribution in [-0.2, 0) is 6.54 Å². The normalized spacial score (nSPS) is 10.5. The fourth-order valence-corrected chi connectivity index (χ4v) is 2.02. The lowest BCUT2D eigenvalue weighted by molar-refractivity contribution is -0.384. The van der Waals surface area contributed by atoms with Crippen LogP contribution in [0.15, 0.2) is 38.3 Å². The smallest absolute Gasteiger partial charge is 0.310 e. The van der Waals surface area contributed by atoms with Crippen LogP contribution < -0.4 is 11.2 Å². The summed E-state index contributed by atoms with van der Waals surface area (Å²) >= 11 is 3.12. The van der Waals surface area contributed by atoms with Crippen molar-refractivity contribution >= 4 is 21.6 Å². The Hall–Kier alpha value is -2.22. The molecule has 1 aromatic heterocycles. The molecule has 0 unspecified atom stereocenters. The van der Waals surface area contributed by atoms with Gasteiger partial charge in [-0.2, -0.15) is 0 Å². The van der Waals surface area contributed by atoms with Crippen molar-refractivity contribution in [3.8, 4) is 0 Å². The first-order chi connectivity index (χ1) is 9.40. The van der Waals surface area contributed by atoms with E-state index in [9.17, 15) is 19.7 Å². The van der Waals surface area contributed by atoms with Gasteiger partial charge in [0.05, 0.1) is 11.5 Å². The number of rotatable bonds is 3. The van der Waals surface area contributed by atoms with Gasteiger partial charge in [0.2, 0.25) is 0 Å². The van der Waals surface area contributed by atoms with Crippen molar-refractivity contribution in [3.05, 3.63) is 70.9 Å². The molecule has 7 nitrogen and oxygen atoms in total. The van der Waals surface area contributed by atoms with Crippen LogP contribution in [0, 0.1) is 17.0 Å². The van der Waals surface area contributed by atoms with Crippen LogP contribution in [0.1, 0.15) is 11.3 Å². The molecule has 1 N–H and O–H groups in total. The van der Waals surface area contributed by atoms with Crippen LogP contribution in [0.5, 0.6) is 0 Å². The number of nitrogens with zero attached hydrogens (tertiary/aromatic N) is 2. The van der Waals surface area contributed by atoms with Gasteiger partial charge in [0.25, 0.3) is 11.2 Å². The molecule has 1 aromatic carbocycles. The number of hydrogen-bond acceptors (Lipinski definition) is 4. The van der Waals surface area contributed by atoms with Gasteiger partial charge in [0.15, 0.2) is 0 Å². The number of non-ortho nitro benzene ring substituents is 1. The van der Waals surface area contributed by atoms with Crippen LogP contribution in [0.3, 0.4) is 0 Å². The molecular formula is C12H10BrN3O4. The van der Waals surface area contributed by atoms with E-state index in [1.54, 1.807) is 6.92 Å². The zero-order valence-electron chi connectivity index (χ0n) is 10.4. The summed E-state index contributed by atoms with van der Waals surface area (Å²) in [5.41, 5.74) is 0.0812. The van der Waals surface area contributed by atoms with E-state index in [0.29, 0.717) is 15.7 Å². The highest BCUT2D eigenvalue weighted by atomic mass is 79.9. The molecule has 0 aliphatic heterocycles. The minimum atomic E-state index is -0.519. The topological polar surface area (TPSA) is 98.0 Å². The molecule has 104 valence electrons. The van der Waals surface area contributed by atoms with Gasteiger partial charge < -0.3 is 4.98 Å². The Morgan fingerprint density at radius 3 is 2.45 bits per heavy atom. The number of aromatic amines is 1. The van der Waals surface area contributed by atoms with Gasteiger partial charge in [0, 0.05) is 17.8 Å². The van der Waals surface area contributed by atoms with Gasteiger partial charge in [-0.05, 0) is 28.4 Å². The number of nitro benzene ring substituents is 1. The maximum Gasteiger partial charge on any atom is 0.328 e. The van der Waals surface area contributed by atoms with Crippen LogP contribution in [0.4, 0.5) is 5.69 Å². The molecule has 0 aliphatic carbocycles. The minimum absolute atomic E-state index is 0.0416. The Kier molecular flexibility index (Phi) is 3.84. The molecule has 1 heterocycles. The molecule has 0 saturated carbocycles. The highest BCUT2D eigenvalue weighted by Gasteiger charge is 2.10. The predicted octanol–water partition coefficient (Wildman–Crippen LogP) is 1.56. The molecule has 0 aliphatic rings. The zero-order chi connectivity index (χ0) is 14.9. The molecule has 2 rings (SSSR count). The molecule has 0 saturated heterocycles. The van der Waals surface area contributed by atoms with Gasteiger partial charge in [-0.1, -0.05) is 12.1 Å². The van der Waals surface area contributed by atoms with Gasteiger partial charge in [0.1, 0.15) is 4.47 Å². The molecule has 0 atom stereocenters. The average molecular weight is 340 g/mol. The summed E-state index contributed by atoms with van der Waals surface area (Å²) in [5.74, 6) is 0. The molecule has 0 radical (unpaired) electrons. The lowest BCUT2D eigenvalue weighted by Gasteiger charge is -2.06. The number of aryl methyl sites for hydroxylation is 1. The maximum absolute atomic E-state index is 12.0. The monoisotopic (exact) mass is 339 g/mol. The summed E-state index contributed by atoms with van der Waals surface area (Å²) < 4.78 is 1.32. The highest BCUT2D eigenvalue weighted by Crippen LogP contribution is 2.12. The van der Waals surface area contributed by atoms with Gasteiger partial charge in [-0.3, -0.25) is 19.5 Å². The third-order valence-corrected chi connectivity index (χ3v) is 3.72. The van der Waals surface area contributed by atoms with E-state index in [4.69, 9.17) is 0 Å². The van der Waals surface area contributed by atoms with Crippen molar-refractivity contribution in [1.82, 2.24) is 9.55 Å². The Bertz CT molecular complexity index is 777. The van der Waals surface area contributed by atoms with E-state index in [1.807, 2.05) is 0 Å². The number of H-pyrrole nitrogens is 1. The largest absolute Gasteiger partial charge is 0.328 e. The number of halogens is 1. The molecular weight excluding hydrogens is 330 g/mol. The number of benzene rings is 1. The van der Waals surface area contributed by atoms with Crippen LogP contribution >= 0.6 is 15.9 Å². The summed E-state index contributed by atoms with van der Waals surface area (Å²) in [5, 5.41) is 10.6. The van der Waals surface area contributed by atoms with E-state index >= 15 is 0 Å². The molecule has 8 heteroatoms. The molecule has 0 spiro atoms.